The largest absolute Gasteiger partial charge is 0.472 e. The van der Waals surface area contributed by atoms with Crippen LogP contribution in [0, 0.1) is 0 Å². The highest BCUT2D eigenvalue weighted by molar-refractivity contribution is 7.47. The number of ether oxygens (including phenoxy) is 2. The molecule has 0 aliphatic carbocycles. The first-order valence-corrected chi connectivity index (χ1v) is 23.0. The van der Waals surface area contributed by atoms with Gasteiger partial charge in [-0.2, -0.15) is 0 Å². The second-order valence-electron chi connectivity index (χ2n) is 13.7. The Hall–Kier alpha value is -3.37. The van der Waals surface area contributed by atoms with Gasteiger partial charge in [0.2, 0.25) is 0 Å². The standard InChI is InChI=1S/C47H76NO9P/c1-3-5-6-7-8-9-10-11-12-13-14-15-16-21-24-27-30-33-36-39-47(51)57-45(43-56-58(52,53)55-41-40-48)42-54-46(50)38-35-32-29-26-23-20-18-17-19-22-25-28-31-34-37-44(49)4-2/h8-9,11-12,14-15,18-22,24,26,28-29,31,34,37,44-45,49H,3-7,10,13,16-17,23,25,27,30,32-33,35-36,38-43,48H2,1-2H3,(H,52,53)/b9-8-,12-11-,15-14-,20-18-,22-19-,24-21-,29-26-,31-28-,37-34+/t44-,45+/m0/s1. The van der Waals surface area contributed by atoms with E-state index < -0.39 is 32.5 Å². The molecule has 0 aliphatic rings. The van der Waals surface area contributed by atoms with E-state index in [-0.39, 0.29) is 38.7 Å². The van der Waals surface area contributed by atoms with Gasteiger partial charge in [-0.15, -0.1) is 0 Å². The van der Waals surface area contributed by atoms with Gasteiger partial charge in [0.25, 0.3) is 0 Å². The number of carbonyl (C=O) groups excluding carboxylic acids is 2. The summed E-state index contributed by atoms with van der Waals surface area (Å²) in [4.78, 5) is 34.8. The Bertz CT molecular complexity index is 1330. The van der Waals surface area contributed by atoms with Crippen LogP contribution in [0.25, 0.3) is 0 Å². The van der Waals surface area contributed by atoms with Gasteiger partial charge < -0.3 is 25.2 Å². The topological polar surface area (TPSA) is 155 Å². The molecular formula is C47H76NO9P. The maximum atomic E-state index is 12.6. The summed E-state index contributed by atoms with van der Waals surface area (Å²) < 4.78 is 32.7. The summed E-state index contributed by atoms with van der Waals surface area (Å²) in [5.41, 5.74) is 5.34. The van der Waals surface area contributed by atoms with Crippen molar-refractivity contribution < 1.29 is 42.7 Å². The van der Waals surface area contributed by atoms with Crippen molar-refractivity contribution in [3.63, 3.8) is 0 Å². The summed E-state index contributed by atoms with van der Waals surface area (Å²) in [7, 11) is -4.42. The van der Waals surface area contributed by atoms with Crippen LogP contribution in [0.3, 0.4) is 0 Å². The van der Waals surface area contributed by atoms with Crippen LogP contribution in [0.5, 0.6) is 0 Å². The van der Waals surface area contributed by atoms with Crippen LogP contribution in [0.15, 0.2) is 109 Å². The van der Waals surface area contributed by atoms with Crippen molar-refractivity contribution in [3.8, 4) is 0 Å². The van der Waals surface area contributed by atoms with Gasteiger partial charge in [-0.3, -0.25) is 18.6 Å². The smallest absolute Gasteiger partial charge is 0.462 e. The molecular weight excluding hydrogens is 753 g/mol. The maximum absolute atomic E-state index is 12.6. The third-order valence-electron chi connectivity index (χ3n) is 8.30. The lowest BCUT2D eigenvalue weighted by Gasteiger charge is -2.19. The number of rotatable bonds is 38. The number of esters is 2. The highest BCUT2D eigenvalue weighted by Gasteiger charge is 2.25. The van der Waals surface area contributed by atoms with Crippen molar-refractivity contribution in [2.24, 2.45) is 5.73 Å². The zero-order valence-electron chi connectivity index (χ0n) is 35.6. The quantitative estimate of drug-likeness (QED) is 0.0180. The lowest BCUT2D eigenvalue weighted by Crippen LogP contribution is -2.29. The molecule has 0 fully saturated rings. The van der Waals surface area contributed by atoms with Crippen molar-refractivity contribution in [1.82, 2.24) is 0 Å². The first kappa shape index (κ1) is 54.6. The minimum atomic E-state index is -4.42. The minimum absolute atomic E-state index is 0.0281. The van der Waals surface area contributed by atoms with Crippen LogP contribution in [-0.2, 0) is 32.7 Å². The molecule has 58 heavy (non-hydrogen) atoms. The van der Waals surface area contributed by atoms with Gasteiger partial charge in [-0.05, 0) is 89.9 Å². The van der Waals surface area contributed by atoms with Crippen LogP contribution in [-0.4, -0.2) is 60.5 Å². The number of nitrogens with two attached hydrogens (primary N) is 1. The molecule has 11 heteroatoms. The van der Waals surface area contributed by atoms with E-state index >= 15 is 0 Å². The van der Waals surface area contributed by atoms with E-state index in [9.17, 15) is 24.2 Å². The molecule has 10 nitrogen and oxygen atoms in total. The highest BCUT2D eigenvalue weighted by Crippen LogP contribution is 2.43. The molecule has 4 N–H and O–H groups in total. The number of unbranched alkanes of at least 4 members (excludes halogenated alkanes) is 7. The Morgan fingerprint density at radius 1 is 0.603 bits per heavy atom. The predicted molar refractivity (Wildman–Crippen MR) is 239 cm³/mol. The van der Waals surface area contributed by atoms with Crippen molar-refractivity contribution in [3.05, 3.63) is 109 Å². The molecule has 1 unspecified atom stereocenters. The Balaban J connectivity index is 4.37. The molecule has 0 aromatic heterocycles. The first-order valence-electron chi connectivity index (χ1n) is 21.5. The minimum Gasteiger partial charge on any atom is -0.462 e. The average molecular weight is 830 g/mol. The zero-order chi connectivity index (χ0) is 42.6. The number of aliphatic hydroxyl groups excluding tert-OH is 1. The molecule has 0 aromatic carbocycles. The van der Waals surface area contributed by atoms with Gasteiger partial charge >= 0.3 is 19.8 Å². The maximum Gasteiger partial charge on any atom is 0.472 e. The van der Waals surface area contributed by atoms with E-state index in [0.29, 0.717) is 25.7 Å². The van der Waals surface area contributed by atoms with E-state index in [0.717, 1.165) is 57.8 Å². The monoisotopic (exact) mass is 830 g/mol. The molecule has 0 aliphatic heterocycles. The number of phosphoric ester groups is 1. The second-order valence-corrected chi connectivity index (χ2v) is 15.1. The van der Waals surface area contributed by atoms with Gasteiger partial charge in [0.05, 0.1) is 19.3 Å². The Kier molecular flexibility index (Phi) is 39.4. The van der Waals surface area contributed by atoms with E-state index in [2.05, 4.69) is 79.8 Å². The van der Waals surface area contributed by atoms with Gasteiger partial charge in [0.1, 0.15) is 6.61 Å². The molecule has 3 atom stereocenters. The molecule has 0 aromatic rings. The normalized spacial score (nSPS) is 14.9. The fourth-order valence-corrected chi connectivity index (χ4v) is 5.72. The summed E-state index contributed by atoms with van der Waals surface area (Å²) in [6, 6.07) is 0. The highest BCUT2D eigenvalue weighted by atomic mass is 31.2. The molecule has 0 bridgehead atoms. The molecule has 0 radical (unpaired) electrons. The number of allylic oxidation sites excluding steroid dienone is 17. The molecule has 0 saturated heterocycles. The lowest BCUT2D eigenvalue weighted by molar-refractivity contribution is -0.161. The third kappa shape index (κ3) is 40.8. The second kappa shape index (κ2) is 41.8. The number of carbonyl (C=O) groups is 2. The van der Waals surface area contributed by atoms with Crippen LogP contribution >= 0.6 is 7.82 Å². The Morgan fingerprint density at radius 2 is 1.10 bits per heavy atom. The summed E-state index contributed by atoms with van der Waals surface area (Å²) in [6.07, 6.45) is 52.2. The Morgan fingerprint density at radius 3 is 1.64 bits per heavy atom. The van der Waals surface area contributed by atoms with Crippen LogP contribution in [0.2, 0.25) is 0 Å². The van der Waals surface area contributed by atoms with Crippen molar-refractivity contribution in [2.75, 3.05) is 26.4 Å². The van der Waals surface area contributed by atoms with Crippen molar-refractivity contribution in [1.29, 1.82) is 0 Å². The molecule has 0 rings (SSSR count). The number of aliphatic hydroxyl groups is 1. The number of hydrogen-bond acceptors (Lipinski definition) is 9. The summed E-state index contributed by atoms with van der Waals surface area (Å²) in [6.45, 7) is 3.22. The van der Waals surface area contributed by atoms with Crippen LogP contribution in [0.1, 0.15) is 136 Å². The zero-order valence-corrected chi connectivity index (χ0v) is 36.5. The fraction of sp³-hybridized carbons (Fsp3) is 0.574. The predicted octanol–water partition coefficient (Wildman–Crippen LogP) is 11.4. The molecule has 328 valence electrons. The number of phosphoric acid groups is 1. The lowest BCUT2D eigenvalue weighted by atomic mass is 10.1. The van der Waals surface area contributed by atoms with Gasteiger partial charge in [0, 0.05) is 19.4 Å². The summed E-state index contributed by atoms with van der Waals surface area (Å²) in [5.74, 6) is -0.965. The first-order chi connectivity index (χ1) is 28.2. The average Bonchev–Trinajstić information content (AvgIpc) is 3.21. The van der Waals surface area contributed by atoms with Crippen LogP contribution < -0.4 is 5.73 Å². The molecule has 0 heterocycles. The fourth-order valence-electron chi connectivity index (χ4n) is 4.96. The van der Waals surface area contributed by atoms with Gasteiger partial charge in [-0.25, -0.2) is 4.57 Å². The third-order valence-corrected chi connectivity index (χ3v) is 9.28. The SMILES string of the molecule is CCCCC/C=C\C/C=C\C/C=C\C/C=C\CCCCCC(=O)O[C@H](COC(=O)CCC/C=C\C/C=C\C/C=C\C/C=C\C=C\[C@@H](O)CC)COP(=O)(O)OCCN. The van der Waals surface area contributed by atoms with Gasteiger partial charge in [0.15, 0.2) is 6.10 Å². The molecule has 0 spiro atoms. The molecule has 0 amide bonds. The van der Waals surface area contributed by atoms with E-state index in [1.165, 1.54) is 25.7 Å². The van der Waals surface area contributed by atoms with Gasteiger partial charge in [-0.1, -0.05) is 142 Å². The van der Waals surface area contributed by atoms with E-state index in [1.54, 1.807) is 6.08 Å². The van der Waals surface area contributed by atoms with Crippen LogP contribution in [0.4, 0.5) is 0 Å². The Labute approximate surface area is 351 Å². The van der Waals surface area contributed by atoms with E-state index in [4.69, 9.17) is 24.3 Å². The molecule has 0 saturated carbocycles. The number of hydrogen-bond donors (Lipinski definition) is 3. The van der Waals surface area contributed by atoms with Crippen molar-refractivity contribution in [2.45, 2.75) is 148 Å². The van der Waals surface area contributed by atoms with E-state index in [1.807, 2.05) is 37.3 Å². The summed E-state index contributed by atoms with van der Waals surface area (Å²) >= 11 is 0. The summed E-state index contributed by atoms with van der Waals surface area (Å²) in [5, 5.41) is 9.47. The van der Waals surface area contributed by atoms with Crippen molar-refractivity contribution >= 4 is 19.8 Å².